The molecule has 1 aliphatic rings. The lowest BCUT2D eigenvalue weighted by atomic mass is 9.95. The first-order chi connectivity index (χ1) is 17.2. The maximum Gasteiger partial charge on any atom is 0.280 e. The van der Waals surface area contributed by atoms with Gasteiger partial charge in [0, 0.05) is 17.0 Å². The number of hydrogen-bond donors (Lipinski definition) is 1. The van der Waals surface area contributed by atoms with Crippen LogP contribution < -0.4 is 11.3 Å². The molecule has 0 unspecified atom stereocenters. The lowest BCUT2D eigenvalue weighted by Crippen LogP contribution is -2.30. The Kier molecular flexibility index (Phi) is 5.12. The van der Waals surface area contributed by atoms with E-state index >= 15 is 0 Å². The van der Waals surface area contributed by atoms with Crippen LogP contribution >= 0.6 is 0 Å². The molecular formula is C28H23N7O. The Morgan fingerprint density at radius 2 is 1.72 bits per heavy atom. The second-order valence-corrected chi connectivity index (χ2v) is 8.93. The monoisotopic (exact) mass is 473 g/mol. The van der Waals surface area contributed by atoms with Crippen LogP contribution in [-0.4, -0.2) is 19.3 Å². The molecule has 8 heteroatoms. The summed E-state index contributed by atoms with van der Waals surface area (Å²) < 4.78 is 3.45. The van der Waals surface area contributed by atoms with Gasteiger partial charge in [0.1, 0.15) is 23.8 Å². The minimum atomic E-state index is -0.151. The second-order valence-electron chi connectivity index (χ2n) is 8.93. The molecule has 0 saturated carbocycles. The zero-order valence-corrected chi connectivity index (χ0v) is 20.6. The summed E-state index contributed by atoms with van der Waals surface area (Å²) in [6.07, 6.45) is 1.98. The Labute approximate surface area is 207 Å². The van der Waals surface area contributed by atoms with Crippen LogP contribution in [0.25, 0.3) is 28.1 Å². The summed E-state index contributed by atoms with van der Waals surface area (Å²) >= 11 is 0. The van der Waals surface area contributed by atoms with Crippen molar-refractivity contribution in [3.8, 4) is 12.1 Å². The molecule has 8 nitrogen and oxygen atoms in total. The molecule has 3 aromatic heterocycles. The molecule has 3 heterocycles. The fraction of sp³-hybridized carbons (Fsp3) is 0.179. The minimum Gasteiger partial charge on any atom is -0.383 e. The topological polar surface area (TPSA) is 126 Å². The van der Waals surface area contributed by atoms with Gasteiger partial charge in [0.2, 0.25) is 0 Å². The van der Waals surface area contributed by atoms with E-state index < -0.39 is 0 Å². The SMILES string of the molecule is CC1=C(C#N)c2nc(N)c(C#N)c(C)c2C1=Cc1cc(C)n(-n2c(C)nc3ccccc3c2=O)c1C. The highest BCUT2D eigenvalue weighted by molar-refractivity contribution is 6.08. The lowest BCUT2D eigenvalue weighted by molar-refractivity contribution is 0.573. The van der Waals surface area contributed by atoms with Gasteiger partial charge in [-0.15, -0.1) is 0 Å². The molecule has 0 fully saturated rings. The third-order valence-electron chi connectivity index (χ3n) is 6.83. The van der Waals surface area contributed by atoms with E-state index in [1.54, 1.807) is 10.7 Å². The van der Waals surface area contributed by atoms with E-state index in [0.717, 1.165) is 33.7 Å². The standard InChI is InChI=1S/C28H23N7O/c1-14-10-19(17(4)34(14)35-18(5)32-24-9-7-6-8-20(24)28(35)36)11-21-15(2)22(12-29)26-25(21)16(3)23(13-30)27(31)33-26/h6-11H,1-5H3,(H2,31,33). The van der Waals surface area contributed by atoms with Gasteiger partial charge in [0.15, 0.2) is 0 Å². The quantitative estimate of drug-likeness (QED) is 0.458. The Morgan fingerprint density at radius 3 is 2.42 bits per heavy atom. The molecule has 1 aliphatic carbocycles. The van der Waals surface area contributed by atoms with E-state index in [0.29, 0.717) is 39.1 Å². The van der Waals surface area contributed by atoms with Gasteiger partial charge in [-0.25, -0.2) is 9.97 Å². The Hall–Kier alpha value is -4.95. The summed E-state index contributed by atoms with van der Waals surface area (Å²) in [6, 6.07) is 13.7. The van der Waals surface area contributed by atoms with Crippen molar-refractivity contribution in [1.82, 2.24) is 19.3 Å². The van der Waals surface area contributed by atoms with Gasteiger partial charge in [-0.3, -0.25) is 9.47 Å². The molecule has 176 valence electrons. The number of hydrogen-bond acceptors (Lipinski definition) is 6. The molecule has 0 aliphatic heterocycles. The number of nitriles is 2. The molecule has 0 amide bonds. The van der Waals surface area contributed by atoms with Crippen molar-refractivity contribution >= 4 is 33.9 Å². The Balaban J connectivity index is 1.77. The third kappa shape index (κ3) is 3.09. The Bertz CT molecular complexity index is 1840. The maximum absolute atomic E-state index is 13.4. The van der Waals surface area contributed by atoms with Crippen LogP contribution in [0.15, 0.2) is 40.7 Å². The minimum absolute atomic E-state index is 0.118. The van der Waals surface area contributed by atoms with Crippen molar-refractivity contribution in [3.63, 3.8) is 0 Å². The molecule has 4 aromatic rings. The van der Waals surface area contributed by atoms with Gasteiger partial charge < -0.3 is 5.73 Å². The molecule has 1 aromatic carbocycles. The fourth-order valence-corrected chi connectivity index (χ4v) is 5.05. The largest absolute Gasteiger partial charge is 0.383 e. The summed E-state index contributed by atoms with van der Waals surface area (Å²) in [5, 5.41) is 20.0. The van der Waals surface area contributed by atoms with E-state index in [1.807, 2.05) is 69.6 Å². The van der Waals surface area contributed by atoms with E-state index in [9.17, 15) is 15.3 Å². The summed E-state index contributed by atoms with van der Waals surface area (Å²) in [5.41, 5.74) is 13.3. The number of aryl methyl sites for hydroxylation is 2. The second kappa shape index (κ2) is 8.07. The van der Waals surface area contributed by atoms with Crippen LogP contribution in [0, 0.1) is 50.4 Å². The number of nitrogens with two attached hydrogens (primary N) is 1. The van der Waals surface area contributed by atoms with Crippen LogP contribution in [0.5, 0.6) is 0 Å². The van der Waals surface area contributed by atoms with E-state index in [1.165, 1.54) is 0 Å². The van der Waals surface area contributed by atoms with Crippen LogP contribution in [0.1, 0.15) is 52.1 Å². The maximum atomic E-state index is 13.4. The molecule has 0 spiro atoms. The number of fused-ring (bicyclic) bond motifs is 2. The van der Waals surface area contributed by atoms with Crippen molar-refractivity contribution < 1.29 is 0 Å². The van der Waals surface area contributed by atoms with Crippen molar-refractivity contribution in [2.24, 2.45) is 0 Å². The number of pyridine rings is 1. The molecular weight excluding hydrogens is 450 g/mol. The zero-order valence-electron chi connectivity index (χ0n) is 20.6. The average molecular weight is 474 g/mol. The van der Waals surface area contributed by atoms with Gasteiger partial charge in [-0.05, 0) is 81.2 Å². The van der Waals surface area contributed by atoms with Crippen LogP contribution in [0.4, 0.5) is 5.82 Å². The lowest BCUT2D eigenvalue weighted by Gasteiger charge is -2.16. The first-order valence-electron chi connectivity index (χ1n) is 11.4. The predicted octanol–water partition coefficient (Wildman–Crippen LogP) is 4.44. The van der Waals surface area contributed by atoms with Gasteiger partial charge in [0.25, 0.3) is 5.56 Å². The highest BCUT2D eigenvalue weighted by atomic mass is 16.1. The number of benzene rings is 1. The first-order valence-corrected chi connectivity index (χ1v) is 11.4. The number of nitrogen functional groups attached to an aromatic ring is 1. The summed E-state index contributed by atoms with van der Waals surface area (Å²) in [6.45, 7) is 9.38. The van der Waals surface area contributed by atoms with E-state index in [2.05, 4.69) is 22.1 Å². The van der Waals surface area contributed by atoms with Gasteiger partial charge in [-0.1, -0.05) is 12.1 Å². The van der Waals surface area contributed by atoms with Crippen LogP contribution in [-0.2, 0) is 0 Å². The van der Waals surface area contributed by atoms with Gasteiger partial charge in [0.05, 0.1) is 27.7 Å². The molecule has 0 radical (unpaired) electrons. The molecule has 0 saturated heterocycles. The van der Waals surface area contributed by atoms with E-state index in [4.69, 9.17) is 5.73 Å². The number of nitrogens with zero attached hydrogens (tertiary/aromatic N) is 6. The predicted molar refractivity (Wildman–Crippen MR) is 140 cm³/mol. The number of rotatable bonds is 2. The number of anilines is 1. The van der Waals surface area contributed by atoms with Crippen molar-refractivity contribution in [3.05, 3.63) is 91.4 Å². The molecule has 0 bridgehead atoms. The van der Waals surface area contributed by atoms with Crippen molar-refractivity contribution in [1.29, 1.82) is 10.5 Å². The number of aromatic nitrogens is 4. The highest BCUT2D eigenvalue weighted by Gasteiger charge is 2.30. The van der Waals surface area contributed by atoms with Crippen LogP contribution in [0.2, 0.25) is 0 Å². The third-order valence-corrected chi connectivity index (χ3v) is 6.83. The molecule has 5 rings (SSSR count). The Morgan fingerprint density at radius 1 is 1.00 bits per heavy atom. The van der Waals surface area contributed by atoms with Crippen LogP contribution in [0.3, 0.4) is 0 Å². The van der Waals surface area contributed by atoms with Crippen molar-refractivity contribution in [2.75, 3.05) is 5.73 Å². The van der Waals surface area contributed by atoms with E-state index in [-0.39, 0.29) is 11.4 Å². The molecule has 0 atom stereocenters. The highest BCUT2D eigenvalue weighted by Crippen LogP contribution is 2.44. The average Bonchev–Trinajstić information content (AvgIpc) is 3.26. The van der Waals surface area contributed by atoms with Gasteiger partial charge in [-0.2, -0.15) is 15.2 Å². The first kappa shape index (κ1) is 22.8. The van der Waals surface area contributed by atoms with Crippen molar-refractivity contribution in [2.45, 2.75) is 34.6 Å². The summed E-state index contributed by atoms with van der Waals surface area (Å²) in [5.74, 6) is 0.690. The summed E-state index contributed by atoms with van der Waals surface area (Å²) in [4.78, 5) is 22.5. The number of para-hydroxylation sites is 1. The number of allylic oxidation sites excluding steroid dienone is 3. The van der Waals surface area contributed by atoms with Gasteiger partial charge >= 0.3 is 0 Å². The zero-order chi connectivity index (χ0) is 25.9. The molecule has 2 N–H and O–H groups in total. The summed E-state index contributed by atoms with van der Waals surface area (Å²) in [7, 11) is 0. The fourth-order valence-electron chi connectivity index (χ4n) is 5.05. The smallest absolute Gasteiger partial charge is 0.280 e. The normalized spacial score (nSPS) is 13.8. The molecule has 36 heavy (non-hydrogen) atoms.